The molecule has 5 heteroatoms. The minimum atomic E-state index is -0.487. The Kier molecular flexibility index (Phi) is 5.04. The first-order valence-corrected chi connectivity index (χ1v) is 7.28. The van der Waals surface area contributed by atoms with Gasteiger partial charge in [0.25, 0.3) is 5.91 Å². The Bertz CT molecular complexity index is 399. The number of esters is 1. The summed E-state index contributed by atoms with van der Waals surface area (Å²) in [5.74, 6) is 0.627. The molecule has 1 amide bonds. The van der Waals surface area contributed by atoms with Gasteiger partial charge < -0.3 is 14.4 Å². The SMILES string of the molecule is COC(=O)C(CC1CCCCC1)N1CC(OC)=CC1=O. The van der Waals surface area contributed by atoms with E-state index in [0.717, 1.165) is 12.8 Å². The van der Waals surface area contributed by atoms with Gasteiger partial charge in [-0.2, -0.15) is 0 Å². The van der Waals surface area contributed by atoms with Gasteiger partial charge in [-0.25, -0.2) is 4.79 Å². The molecule has 1 aliphatic heterocycles. The van der Waals surface area contributed by atoms with Crippen LogP contribution in [0.2, 0.25) is 0 Å². The highest BCUT2D eigenvalue weighted by molar-refractivity contribution is 5.94. The number of amides is 1. The minimum Gasteiger partial charge on any atom is -0.499 e. The van der Waals surface area contributed by atoms with Crippen molar-refractivity contribution in [2.45, 2.75) is 44.6 Å². The second-order valence-electron chi connectivity index (χ2n) is 5.56. The third-order valence-corrected chi connectivity index (χ3v) is 4.29. The average Bonchev–Trinajstić information content (AvgIpc) is 2.86. The van der Waals surface area contributed by atoms with Crippen molar-refractivity contribution in [2.24, 2.45) is 5.92 Å². The number of hydrogen-bond donors (Lipinski definition) is 0. The molecule has 1 unspecified atom stereocenters. The van der Waals surface area contributed by atoms with Crippen LogP contribution in [0.4, 0.5) is 0 Å². The van der Waals surface area contributed by atoms with Crippen LogP contribution in [0.15, 0.2) is 11.8 Å². The van der Waals surface area contributed by atoms with Crippen molar-refractivity contribution in [3.8, 4) is 0 Å². The summed E-state index contributed by atoms with van der Waals surface area (Å²) >= 11 is 0. The number of ether oxygens (including phenoxy) is 2. The van der Waals surface area contributed by atoms with Crippen molar-refractivity contribution in [3.05, 3.63) is 11.8 Å². The highest BCUT2D eigenvalue weighted by atomic mass is 16.5. The molecule has 2 rings (SSSR count). The van der Waals surface area contributed by atoms with Gasteiger partial charge in [0, 0.05) is 6.08 Å². The van der Waals surface area contributed by atoms with Crippen LogP contribution in [0.1, 0.15) is 38.5 Å². The molecule has 0 aromatic carbocycles. The van der Waals surface area contributed by atoms with Gasteiger partial charge >= 0.3 is 5.97 Å². The Morgan fingerprint density at radius 1 is 1.35 bits per heavy atom. The molecule has 1 saturated carbocycles. The summed E-state index contributed by atoms with van der Waals surface area (Å²) in [5.41, 5.74) is 0. The van der Waals surface area contributed by atoms with E-state index in [-0.39, 0.29) is 11.9 Å². The lowest BCUT2D eigenvalue weighted by Gasteiger charge is -2.30. The molecule has 0 aromatic rings. The zero-order chi connectivity index (χ0) is 14.5. The molecule has 0 bridgehead atoms. The quantitative estimate of drug-likeness (QED) is 0.722. The Labute approximate surface area is 119 Å². The topological polar surface area (TPSA) is 55.8 Å². The van der Waals surface area contributed by atoms with Crippen molar-refractivity contribution >= 4 is 11.9 Å². The number of nitrogens with zero attached hydrogens (tertiary/aromatic N) is 1. The van der Waals surface area contributed by atoms with Crippen LogP contribution >= 0.6 is 0 Å². The van der Waals surface area contributed by atoms with Gasteiger partial charge in [-0.05, 0) is 12.3 Å². The number of carbonyl (C=O) groups excluding carboxylic acids is 2. The molecule has 20 heavy (non-hydrogen) atoms. The van der Waals surface area contributed by atoms with Crippen LogP contribution in [0.3, 0.4) is 0 Å². The number of hydrogen-bond acceptors (Lipinski definition) is 4. The monoisotopic (exact) mass is 281 g/mol. The molecule has 0 saturated heterocycles. The third-order valence-electron chi connectivity index (χ3n) is 4.29. The van der Waals surface area contributed by atoms with Crippen LogP contribution in [0, 0.1) is 5.92 Å². The molecule has 1 fully saturated rings. The van der Waals surface area contributed by atoms with E-state index in [0.29, 0.717) is 24.6 Å². The van der Waals surface area contributed by atoms with Crippen LogP contribution in [0.25, 0.3) is 0 Å². The predicted molar refractivity (Wildman–Crippen MR) is 73.8 cm³/mol. The first-order valence-electron chi connectivity index (χ1n) is 7.28. The third kappa shape index (κ3) is 3.32. The molecule has 112 valence electrons. The fourth-order valence-electron chi connectivity index (χ4n) is 3.12. The Balaban J connectivity index is 2.04. The first-order chi connectivity index (χ1) is 9.65. The molecule has 0 radical (unpaired) electrons. The fourth-order valence-corrected chi connectivity index (χ4v) is 3.12. The van der Waals surface area contributed by atoms with E-state index in [4.69, 9.17) is 9.47 Å². The van der Waals surface area contributed by atoms with Gasteiger partial charge in [0.2, 0.25) is 0 Å². The molecular weight excluding hydrogens is 258 g/mol. The molecule has 5 nitrogen and oxygen atoms in total. The van der Waals surface area contributed by atoms with Gasteiger partial charge in [0.15, 0.2) is 0 Å². The number of carbonyl (C=O) groups is 2. The van der Waals surface area contributed by atoms with E-state index in [1.54, 1.807) is 4.90 Å². The molecule has 1 atom stereocenters. The summed E-state index contributed by atoms with van der Waals surface area (Å²) in [4.78, 5) is 25.6. The van der Waals surface area contributed by atoms with Crippen molar-refractivity contribution in [2.75, 3.05) is 20.8 Å². The molecule has 0 N–H and O–H groups in total. The van der Waals surface area contributed by atoms with E-state index in [1.807, 2.05) is 0 Å². The predicted octanol–water partition coefficient (Wildman–Crippen LogP) is 1.87. The maximum atomic E-state index is 12.0. The van der Waals surface area contributed by atoms with Crippen LogP contribution in [-0.2, 0) is 19.1 Å². The lowest BCUT2D eigenvalue weighted by molar-refractivity contribution is -0.151. The summed E-state index contributed by atoms with van der Waals surface area (Å²) in [7, 11) is 2.91. The number of rotatable bonds is 5. The smallest absolute Gasteiger partial charge is 0.328 e. The van der Waals surface area contributed by atoms with E-state index in [1.165, 1.54) is 39.6 Å². The zero-order valence-electron chi connectivity index (χ0n) is 12.3. The largest absolute Gasteiger partial charge is 0.499 e. The molecule has 1 aliphatic carbocycles. The van der Waals surface area contributed by atoms with Crippen LogP contribution in [0.5, 0.6) is 0 Å². The highest BCUT2D eigenvalue weighted by Crippen LogP contribution is 2.30. The van der Waals surface area contributed by atoms with E-state index in [9.17, 15) is 9.59 Å². The van der Waals surface area contributed by atoms with E-state index < -0.39 is 6.04 Å². The minimum absolute atomic E-state index is 0.159. The summed E-state index contributed by atoms with van der Waals surface area (Å²) in [6, 6.07) is -0.487. The summed E-state index contributed by atoms with van der Waals surface area (Å²) in [5, 5.41) is 0. The first kappa shape index (κ1) is 14.9. The molecule has 1 heterocycles. The fraction of sp³-hybridized carbons (Fsp3) is 0.733. The summed E-state index contributed by atoms with van der Waals surface area (Å²) in [6.07, 6.45) is 8.14. The van der Waals surface area contributed by atoms with Gasteiger partial charge in [-0.1, -0.05) is 32.1 Å². The van der Waals surface area contributed by atoms with Gasteiger partial charge in [-0.15, -0.1) is 0 Å². The van der Waals surface area contributed by atoms with E-state index in [2.05, 4.69) is 0 Å². The summed E-state index contributed by atoms with van der Waals surface area (Å²) < 4.78 is 10.00. The van der Waals surface area contributed by atoms with Crippen molar-refractivity contribution < 1.29 is 19.1 Å². The highest BCUT2D eigenvalue weighted by Gasteiger charge is 2.36. The molecule has 2 aliphatic rings. The molecule has 0 spiro atoms. The van der Waals surface area contributed by atoms with Crippen molar-refractivity contribution in [3.63, 3.8) is 0 Å². The van der Waals surface area contributed by atoms with Crippen LogP contribution in [-0.4, -0.2) is 43.6 Å². The van der Waals surface area contributed by atoms with Gasteiger partial charge in [0.05, 0.1) is 20.8 Å². The normalized spacial score (nSPS) is 21.6. The van der Waals surface area contributed by atoms with E-state index >= 15 is 0 Å². The number of methoxy groups -OCH3 is 2. The lowest BCUT2D eigenvalue weighted by atomic mass is 9.84. The van der Waals surface area contributed by atoms with Crippen molar-refractivity contribution in [1.82, 2.24) is 4.90 Å². The van der Waals surface area contributed by atoms with Crippen molar-refractivity contribution in [1.29, 1.82) is 0 Å². The Morgan fingerprint density at radius 2 is 2.05 bits per heavy atom. The van der Waals surface area contributed by atoms with Gasteiger partial charge in [0.1, 0.15) is 11.8 Å². The zero-order valence-corrected chi connectivity index (χ0v) is 12.3. The summed E-state index contributed by atoms with van der Waals surface area (Å²) in [6.45, 7) is 0.363. The van der Waals surface area contributed by atoms with Crippen LogP contribution < -0.4 is 0 Å². The van der Waals surface area contributed by atoms with Gasteiger partial charge in [-0.3, -0.25) is 4.79 Å². The second kappa shape index (κ2) is 6.77. The second-order valence-corrected chi connectivity index (χ2v) is 5.56. The molecule has 0 aromatic heterocycles. The Morgan fingerprint density at radius 3 is 2.60 bits per heavy atom. The average molecular weight is 281 g/mol. The lowest BCUT2D eigenvalue weighted by Crippen LogP contribution is -2.44. The standard InChI is InChI=1S/C15H23NO4/c1-19-12-9-14(17)16(10-12)13(15(18)20-2)8-11-6-4-3-5-7-11/h9,11,13H,3-8,10H2,1-2H3. The Hall–Kier alpha value is -1.52. The maximum Gasteiger partial charge on any atom is 0.328 e. The maximum absolute atomic E-state index is 12.0. The molecular formula is C15H23NO4.